The molecule has 1 aliphatic rings. The molecule has 1 aromatic carbocycles. The summed E-state index contributed by atoms with van der Waals surface area (Å²) in [6.07, 6.45) is 5.36. The first-order valence-corrected chi connectivity index (χ1v) is 6.57. The molecule has 2 nitrogen and oxygen atoms in total. The van der Waals surface area contributed by atoms with Crippen LogP contribution in [0, 0.1) is 13.8 Å². The van der Waals surface area contributed by atoms with Gasteiger partial charge in [0.25, 0.3) is 0 Å². The Morgan fingerprint density at radius 2 is 1.88 bits per heavy atom. The Labute approximate surface area is 104 Å². The van der Waals surface area contributed by atoms with Crippen molar-refractivity contribution in [3.8, 4) is 0 Å². The molecule has 1 aliphatic carbocycles. The minimum atomic E-state index is 0.366. The van der Waals surface area contributed by atoms with Gasteiger partial charge in [0.15, 0.2) is 0 Å². The van der Waals surface area contributed by atoms with Crippen LogP contribution in [0.1, 0.15) is 36.8 Å². The summed E-state index contributed by atoms with van der Waals surface area (Å²) in [7, 11) is 1.82. The van der Waals surface area contributed by atoms with Crippen molar-refractivity contribution >= 4 is 5.69 Å². The Bertz CT molecular complexity index is 375. The number of ether oxygens (including phenoxy) is 1. The number of anilines is 1. The lowest BCUT2D eigenvalue weighted by Crippen LogP contribution is -2.37. The fourth-order valence-electron chi connectivity index (χ4n) is 2.59. The highest BCUT2D eigenvalue weighted by Crippen LogP contribution is 2.25. The molecule has 0 saturated heterocycles. The van der Waals surface area contributed by atoms with E-state index < -0.39 is 0 Å². The Hall–Kier alpha value is -1.02. The van der Waals surface area contributed by atoms with Crippen LogP contribution < -0.4 is 5.32 Å². The first kappa shape index (κ1) is 12.4. The molecule has 1 N–H and O–H groups in total. The molecule has 2 rings (SSSR count). The Morgan fingerprint density at radius 3 is 2.59 bits per heavy atom. The molecule has 17 heavy (non-hydrogen) atoms. The number of hydrogen-bond acceptors (Lipinski definition) is 2. The van der Waals surface area contributed by atoms with E-state index in [0.29, 0.717) is 12.1 Å². The van der Waals surface area contributed by atoms with Gasteiger partial charge in [0.1, 0.15) is 0 Å². The summed E-state index contributed by atoms with van der Waals surface area (Å²) < 4.78 is 5.57. The second-order valence-electron chi connectivity index (χ2n) is 5.11. The van der Waals surface area contributed by atoms with Crippen molar-refractivity contribution < 1.29 is 4.74 Å². The summed E-state index contributed by atoms with van der Waals surface area (Å²) in [5.41, 5.74) is 3.92. The van der Waals surface area contributed by atoms with Gasteiger partial charge in [-0.1, -0.05) is 18.9 Å². The fraction of sp³-hybridized carbons (Fsp3) is 0.600. The van der Waals surface area contributed by atoms with Crippen LogP contribution in [-0.2, 0) is 4.74 Å². The van der Waals surface area contributed by atoms with E-state index in [1.54, 1.807) is 0 Å². The molecule has 2 atom stereocenters. The minimum absolute atomic E-state index is 0.366. The molecule has 0 unspecified atom stereocenters. The zero-order valence-corrected chi connectivity index (χ0v) is 11.1. The third-order valence-electron chi connectivity index (χ3n) is 3.86. The van der Waals surface area contributed by atoms with Gasteiger partial charge in [0.2, 0.25) is 0 Å². The molecule has 1 saturated carbocycles. The summed E-state index contributed by atoms with van der Waals surface area (Å²) in [6.45, 7) is 4.31. The molecule has 0 amide bonds. The van der Waals surface area contributed by atoms with E-state index in [0.717, 1.165) is 0 Å². The van der Waals surface area contributed by atoms with Crippen molar-refractivity contribution in [1.82, 2.24) is 0 Å². The molecule has 2 heteroatoms. The molecule has 1 fully saturated rings. The summed E-state index contributed by atoms with van der Waals surface area (Å²) in [4.78, 5) is 0. The van der Waals surface area contributed by atoms with Gasteiger partial charge in [-0.15, -0.1) is 0 Å². The van der Waals surface area contributed by atoms with E-state index in [1.165, 1.54) is 42.5 Å². The van der Waals surface area contributed by atoms with Crippen LogP contribution in [0.2, 0.25) is 0 Å². The quantitative estimate of drug-likeness (QED) is 0.860. The van der Waals surface area contributed by atoms with Crippen LogP contribution in [0.25, 0.3) is 0 Å². The number of nitrogens with one attached hydrogen (secondary N) is 1. The molecule has 0 bridgehead atoms. The predicted molar refractivity (Wildman–Crippen MR) is 72.6 cm³/mol. The fourth-order valence-corrected chi connectivity index (χ4v) is 2.59. The standard InChI is InChI=1S/C15H23NO/c1-11-8-9-13(10-12(11)2)16-14-6-4-5-7-15(14)17-3/h8-10,14-16H,4-7H2,1-3H3/t14-,15+/m0/s1. The zero-order valence-electron chi connectivity index (χ0n) is 11.1. The van der Waals surface area contributed by atoms with Crippen LogP contribution in [0.15, 0.2) is 18.2 Å². The van der Waals surface area contributed by atoms with Crippen molar-refractivity contribution in [2.75, 3.05) is 12.4 Å². The zero-order chi connectivity index (χ0) is 12.3. The van der Waals surface area contributed by atoms with E-state index in [9.17, 15) is 0 Å². The lowest BCUT2D eigenvalue weighted by molar-refractivity contribution is 0.0606. The van der Waals surface area contributed by atoms with Gasteiger partial charge in [0.05, 0.1) is 12.1 Å². The van der Waals surface area contributed by atoms with Crippen LogP contribution >= 0.6 is 0 Å². The molecular formula is C15H23NO. The maximum Gasteiger partial charge on any atom is 0.0772 e. The van der Waals surface area contributed by atoms with Crippen LogP contribution in [0.4, 0.5) is 5.69 Å². The largest absolute Gasteiger partial charge is 0.380 e. The summed E-state index contributed by atoms with van der Waals surface area (Å²) in [5, 5.41) is 3.62. The number of benzene rings is 1. The average Bonchev–Trinajstić information content (AvgIpc) is 2.34. The number of rotatable bonds is 3. The summed E-state index contributed by atoms with van der Waals surface area (Å²) in [5.74, 6) is 0. The van der Waals surface area contributed by atoms with Crippen molar-refractivity contribution in [2.24, 2.45) is 0 Å². The van der Waals surface area contributed by atoms with E-state index in [1.807, 2.05) is 7.11 Å². The Morgan fingerprint density at radius 1 is 1.12 bits per heavy atom. The molecule has 0 aromatic heterocycles. The highest BCUT2D eigenvalue weighted by atomic mass is 16.5. The number of methoxy groups -OCH3 is 1. The topological polar surface area (TPSA) is 21.3 Å². The second-order valence-corrected chi connectivity index (χ2v) is 5.11. The second kappa shape index (κ2) is 5.54. The van der Waals surface area contributed by atoms with Crippen molar-refractivity contribution in [2.45, 2.75) is 51.7 Å². The van der Waals surface area contributed by atoms with Gasteiger partial charge in [0, 0.05) is 12.8 Å². The van der Waals surface area contributed by atoms with E-state index in [2.05, 4.69) is 37.4 Å². The summed E-state index contributed by atoms with van der Waals surface area (Å²) in [6, 6.07) is 7.05. The normalized spacial score (nSPS) is 24.6. The number of aryl methyl sites for hydroxylation is 2. The smallest absolute Gasteiger partial charge is 0.0772 e. The Kier molecular flexibility index (Phi) is 4.06. The molecule has 0 radical (unpaired) electrons. The highest BCUT2D eigenvalue weighted by Gasteiger charge is 2.24. The predicted octanol–water partition coefficient (Wildman–Crippen LogP) is 3.67. The van der Waals surface area contributed by atoms with Gasteiger partial charge < -0.3 is 10.1 Å². The van der Waals surface area contributed by atoms with Crippen LogP contribution in [-0.4, -0.2) is 19.3 Å². The van der Waals surface area contributed by atoms with Gasteiger partial charge in [-0.2, -0.15) is 0 Å². The minimum Gasteiger partial charge on any atom is -0.380 e. The molecule has 94 valence electrons. The highest BCUT2D eigenvalue weighted by molar-refractivity contribution is 5.49. The molecule has 0 spiro atoms. The SMILES string of the molecule is CO[C@@H]1CCCC[C@@H]1Nc1ccc(C)c(C)c1. The Balaban J connectivity index is 2.05. The van der Waals surface area contributed by atoms with Crippen molar-refractivity contribution in [3.05, 3.63) is 29.3 Å². The van der Waals surface area contributed by atoms with E-state index >= 15 is 0 Å². The van der Waals surface area contributed by atoms with Gasteiger partial charge >= 0.3 is 0 Å². The maximum absolute atomic E-state index is 5.57. The van der Waals surface area contributed by atoms with Crippen molar-refractivity contribution in [1.29, 1.82) is 0 Å². The van der Waals surface area contributed by atoms with Crippen LogP contribution in [0.5, 0.6) is 0 Å². The average molecular weight is 233 g/mol. The monoisotopic (exact) mass is 233 g/mol. The summed E-state index contributed by atoms with van der Waals surface area (Å²) >= 11 is 0. The van der Waals surface area contributed by atoms with E-state index in [4.69, 9.17) is 4.74 Å². The first-order valence-electron chi connectivity index (χ1n) is 6.57. The molecule has 0 heterocycles. The lowest BCUT2D eigenvalue weighted by atomic mass is 9.92. The molecular weight excluding hydrogens is 210 g/mol. The third-order valence-corrected chi connectivity index (χ3v) is 3.86. The maximum atomic E-state index is 5.57. The molecule has 0 aliphatic heterocycles. The van der Waals surface area contributed by atoms with Gasteiger partial charge in [-0.05, 0) is 49.9 Å². The number of hydrogen-bond donors (Lipinski definition) is 1. The molecule has 1 aromatic rings. The van der Waals surface area contributed by atoms with Gasteiger partial charge in [-0.3, -0.25) is 0 Å². The van der Waals surface area contributed by atoms with Crippen molar-refractivity contribution in [3.63, 3.8) is 0 Å². The van der Waals surface area contributed by atoms with Gasteiger partial charge in [-0.25, -0.2) is 0 Å². The van der Waals surface area contributed by atoms with Crippen LogP contribution in [0.3, 0.4) is 0 Å². The lowest BCUT2D eigenvalue weighted by Gasteiger charge is -2.32. The third kappa shape index (κ3) is 3.01. The van der Waals surface area contributed by atoms with E-state index in [-0.39, 0.29) is 0 Å². The first-order chi connectivity index (χ1) is 8.20.